The van der Waals surface area contributed by atoms with Crippen molar-refractivity contribution in [2.45, 2.75) is 6.92 Å². The van der Waals surface area contributed by atoms with Crippen molar-refractivity contribution >= 4 is 11.6 Å². The van der Waals surface area contributed by atoms with E-state index in [-0.39, 0.29) is 10.9 Å². The van der Waals surface area contributed by atoms with E-state index in [9.17, 15) is 4.39 Å². The second-order valence-corrected chi connectivity index (χ2v) is 4.07. The first-order valence-corrected chi connectivity index (χ1v) is 5.47. The van der Waals surface area contributed by atoms with Gasteiger partial charge in [-0.25, -0.2) is 9.37 Å². The molecule has 0 amide bonds. The molecule has 0 saturated heterocycles. The van der Waals surface area contributed by atoms with Gasteiger partial charge in [0.05, 0.1) is 16.7 Å². The van der Waals surface area contributed by atoms with Crippen molar-refractivity contribution in [2.75, 3.05) is 0 Å². The lowest BCUT2D eigenvalue weighted by atomic mass is 10.1. The van der Waals surface area contributed by atoms with E-state index in [1.54, 1.807) is 12.1 Å². The Balaban J connectivity index is 2.32. The Morgan fingerprint density at radius 2 is 2.17 bits per heavy atom. The zero-order chi connectivity index (χ0) is 13.1. The highest BCUT2D eigenvalue weighted by Crippen LogP contribution is 2.25. The molecule has 0 radical (unpaired) electrons. The number of benzene rings is 1. The van der Waals surface area contributed by atoms with Gasteiger partial charge in [0.15, 0.2) is 5.82 Å². The molecule has 0 unspecified atom stereocenters. The van der Waals surface area contributed by atoms with Gasteiger partial charge in [0.1, 0.15) is 5.75 Å². The molecule has 5 heteroatoms. The lowest BCUT2D eigenvalue weighted by molar-refractivity contribution is 0.422. The fourth-order valence-corrected chi connectivity index (χ4v) is 1.52. The monoisotopic (exact) mass is 262 g/mol. The van der Waals surface area contributed by atoms with E-state index in [0.717, 1.165) is 11.6 Å². The van der Waals surface area contributed by atoms with Crippen molar-refractivity contribution in [2.24, 2.45) is 0 Å². The number of ether oxygens (including phenoxy) is 1. The summed E-state index contributed by atoms with van der Waals surface area (Å²) >= 11 is 5.59. The Labute approximate surface area is 108 Å². The van der Waals surface area contributed by atoms with Crippen molar-refractivity contribution < 1.29 is 9.13 Å². The van der Waals surface area contributed by atoms with Crippen molar-refractivity contribution in [1.29, 1.82) is 5.26 Å². The van der Waals surface area contributed by atoms with Gasteiger partial charge in [0.2, 0.25) is 0 Å². The van der Waals surface area contributed by atoms with Crippen LogP contribution in [0.3, 0.4) is 0 Å². The van der Waals surface area contributed by atoms with E-state index >= 15 is 0 Å². The smallest absolute Gasteiger partial charge is 0.255 e. The Morgan fingerprint density at radius 1 is 1.39 bits per heavy atom. The first-order valence-electron chi connectivity index (χ1n) is 5.10. The maximum absolute atomic E-state index is 13.5. The summed E-state index contributed by atoms with van der Waals surface area (Å²) in [6.45, 7) is 1.81. The minimum absolute atomic E-state index is 0.174. The summed E-state index contributed by atoms with van der Waals surface area (Å²) in [5.41, 5.74) is 1.30. The van der Waals surface area contributed by atoms with Crippen LogP contribution in [0.1, 0.15) is 11.1 Å². The summed E-state index contributed by atoms with van der Waals surface area (Å²) in [6.07, 6.45) is 1.29. The van der Waals surface area contributed by atoms with Crippen LogP contribution in [0.2, 0.25) is 5.02 Å². The molecule has 0 spiro atoms. The van der Waals surface area contributed by atoms with Crippen LogP contribution in [0.5, 0.6) is 11.6 Å². The molecule has 0 atom stereocenters. The molecule has 1 heterocycles. The van der Waals surface area contributed by atoms with Crippen LogP contribution < -0.4 is 4.74 Å². The van der Waals surface area contributed by atoms with Gasteiger partial charge in [-0.2, -0.15) is 5.26 Å². The number of aromatic nitrogens is 1. The third-order valence-corrected chi connectivity index (χ3v) is 2.52. The molecule has 0 saturated carbocycles. The van der Waals surface area contributed by atoms with Crippen molar-refractivity contribution in [3.05, 3.63) is 52.4 Å². The first-order chi connectivity index (χ1) is 8.60. The second-order valence-electron chi connectivity index (χ2n) is 3.63. The number of hydrogen-bond acceptors (Lipinski definition) is 3. The molecule has 2 aromatic rings. The molecule has 2 rings (SSSR count). The third kappa shape index (κ3) is 2.58. The topological polar surface area (TPSA) is 45.9 Å². The number of aryl methyl sites for hydroxylation is 1. The highest BCUT2D eigenvalue weighted by atomic mass is 35.5. The Kier molecular flexibility index (Phi) is 3.45. The lowest BCUT2D eigenvalue weighted by Crippen LogP contribution is -1.93. The van der Waals surface area contributed by atoms with Crippen molar-refractivity contribution in [1.82, 2.24) is 4.98 Å². The van der Waals surface area contributed by atoms with Crippen LogP contribution in [0.25, 0.3) is 0 Å². The second kappa shape index (κ2) is 5.03. The Bertz CT molecular complexity index is 637. The quantitative estimate of drug-likeness (QED) is 0.826. The van der Waals surface area contributed by atoms with E-state index in [4.69, 9.17) is 21.6 Å². The Hall–Kier alpha value is -2.12. The molecule has 0 bridgehead atoms. The van der Waals surface area contributed by atoms with Gasteiger partial charge in [-0.15, -0.1) is 0 Å². The average Bonchev–Trinajstić information content (AvgIpc) is 2.35. The highest BCUT2D eigenvalue weighted by molar-refractivity contribution is 6.30. The SMILES string of the molecule is Cc1ccc(Oc2ncc(Cl)cc2F)cc1C#N. The summed E-state index contributed by atoms with van der Waals surface area (Å²) < 4.78 is 18.7. The largest absolute Gasteiger partial charge is 0.436 e. The third-order valence-electron chi connectivity index (χ3n) is 2.32. The van der Waals surface area contributed by atoms with Crippen LogP contribution in [0.15, 0.2) is 30.5 Å². The fourth-order valence-electron chi connectivity index (χ4n) is 1.37. The molecule has 0 aliphatic heterocycles. The van der Waals surface area contributed by atoms with E-state index < -0.39 is 5.82 Å². The number of hydrogen-bond donors (Lipinski definition) is 0. The van der Waals surface area contributed by atoms with E-state index in [2.05, 4.69) is 4.98 Å². The standard InChI is InChI=1S/C13H8ClFN2O/c1-8-2-3-11(4-9(8)6-16)18-13-12(15)5-10(14)7-17-13/h2-5,7H,1H3. The van der Waals surface area contributed by atoms with E-state index in [1.165, 1.54) is 12.3 Å². The average molecular weight is 263 g/mol. The molecule has 1 aromatic carbocycles. The molecule has 18 heavy (non-hydrogen) atoms. The zero-order valence-corrected chi connectivity index (χ0v) is 10.2. The van der Waals surface area contributed by atoms with Crippen LogP contribution in [0, 0.1) is 24.1 Å². The van der Waals surface area contributed by atoms with Gasteiger partial charge < -0.3 is 4.74 Å². The summed E-state index contributed by atoms with van der Waals surface area (Å²) in [6, 6.07) is 8.05. The zero-order valence-electron chi connectivity index (χ0n) is 9.45. The van der Waals surface area contributed by atoms with Crippen LogP contribution >= 0.6 is 11.6 Å². The predicted molar refractivity (Wildman–Crippen MR) is 65.2 cm³/mol. The van der Waals surface area contributed by atoms with Gasteiger partial charge in [-0.1, -0.05) is 17.7 Å². The fraction of sp³-hybridized carbons (Fsp3) is 0.0769. The van der Waals surface area contributed by atoms with Crippen molar-refractivity contribution in [3.8, 4) is 17.7 Å². The van der Waals surface area contributed by atoms with Crippen LogP contribution in [-0.2, 0) is 0 Å². The van der Waals surface area contributed by atoms with Gasteiger partial charge in [-0.3, -0.25) is 0 Å². The van der Waals surface area contributed by atoms with Gasteiger partial charge in [0.25, 0.3) is 5.88 Å². The summed E-state index contributed by atoms with van der Waals surface area (Å²) in [4.78, 5) is 3.74. The number of nitrogens with zero attached hydrogens (tertiary/aromatic N) is 2. The van der Waals surface area contributed by atoms with E-state index in [0.29, 0.717) is 11.3 Å². The molecule has 0 aliphatic rings. The normalized spacial score (nSPS) is 9.89. The number of rotatable bonds is 2. The summed E-state index contributed by atoms with van der Waals surface area (Å²) in [5, 5.41) is 9.08. The minimum Gasteiger partial charge on any atom is -0.436 e. The molecular formula is C13H8ClFN2O. The number of nitriles is 1. The van der Waals surface area contributed by atoms with Crippen LogP contribution in [-0.4, -0.2) is 4.98 Å². The van der Waals surface area contributed by atoms with Gasteiger partial charge >= 0.3 is 0 Å². The summed E-state index contributed by atoms with van der Waals surface area (Å²) in [7, 11) is 0. The molecule has 0 fully saturated rings. The number of pyridine rings is 1. The van der Waals surface area contributed by atoms with Gasteiger partial charge in [-0.05, 0) is 30.7 Å². The number of halogens is 2. The van der Waals surface area contributed by atoms with Crippen LogP contribution in [0.4, 0.5) is 4.39 Å². The summed E-state index contributed by atoms with van der Waals surface area (Å²) in [5.74, 6) is -0.473. The first kappa shape index (κ1) is 12.3. The molecular weight excluding hydrogens is 255 g/mol. The Morgan fingerprint density at radius 3 is 2.83 bits per heavy atom. The van der Waals surface area contributed by atoms with Gasteiger partial charge in [0, 0.05) is 6.20 Å². The maximum atomic E-state index is 13.5. The molecule has 3 nitrogen and oxygen atoms in total. The molecule has 90 valence electrons. The predicted octanol–water partition coefficient (Wildman–Crippen LogP) is 3.85. The minimum atomic E-state index is -0.651. The molecule has 1 aromatic heterocycles. The molecule has 0 aliphatic carbocycles. The van der Waals surface area contributed by atoms with Crippen molar-refractivity contribution in [3.63, 3.8) is 0 Å². The lowest BCUT2D eigenvalue weighted by Gasteiger charge is -2.06. The molecule has 0 N–H and O–H groups in total. The highest BCUT2D eigenvalue weighted by Gasteiger charge is 2.08. The van der Waals surface area contributed by atoms with E-state index in [1.807, 2.05) is 13.0 Å². The maximum Gasteiger partial charge on any atom is 0.255 e.